The van der Waals surface area contributed by atoms with Gasteiger partial charge in [0.1, 0.15) is 11.4 Å². The van der Waals surface area contributed by atoms with Crippen LogP contribution in [0.1, 0.15) is 33.7 Å². The van der Waals surface area contributed by atoms with Gasteiger partial charge in [0, 0.05) is 49.7 Å². The van der Waals surface area contributed by atoms with Gasteiger partial charge in [-0.15, -0.1) is 0 Å². The van der Waals surface area contributed by atoms with Crippen molar-refractivity contribution in [3.8, 4) is 11.4 Å². The molecule has 1 aliphatic rings. The number of nitrogens with zero attached hydrogens (tertiary/aromatic N) is 4. The summed E-state index contributed by atoms with van der Waals surface area (Å²) in [5.41, 5.74) is 3.70. The van der Waals surface area contributed by atoms with Crippen molar-refractivity contribution in [2.75, 3.05) is 51.7 Å². The smallest absolute Gasteiger partial charge is 0.255 e. The number of carbonyl (C=O) groups excluding carboxylic acids is 1. The van der Waals surface area contributed by atoms with E-state index in [0.717, 1.165) is 61.8 Å². The van der Waals surface area contributed by atoms with Gasteiger partial charge < -0.3 is 19.9 Å². The number of aromatic nitrogens is 2. The minimum Gasteiger partial charge on any atom is -0.494 e. The number of aryl methyl sites for hydroxylation is 3. The van der Waals surface area contributed by atoms with Crippen molar-refractivity contribution in [2.45, 2.75) is 27.2 Å². The minimum absolute atomic E-state index is 0.298. The number of rotatable bonds is 8. The van der Waals surface area contributed by atoms with Crippen molar-refractivity contribution in [3.63, 3.8) is 0 Å². The Balaban J connectivity index is 1.31. The van der Waals surface area contributed by atoms with Crippen LogP contribution < -0.4 is 10.1 Å². The van der Waals surface area contributed by atoms with Gasteiger partial charge in [0.05, 0.1) is 12.3 Å². The molecule has 35 heavy (non-hydrogen) atoms. The molecular weight excluding hydrogens is 445 g/mol. The Bertz CT molecular complexity index is 1170. The molecule has 1 aromatic heterocycles. The standard InChI is InChI=1S/C27H34FN5O2/c1-19-16-26(33-21(3)17-20(2)30-33)24(28)18-25(19)29-27(34)22-6-8-23(9-7-22)35-15-5-10-32-13-11-31(4)12-14-32/h6-9,16-18H,5,10-15H2,1-4H3,(H,29,34). The van der Waals surface area contributed by atoms with E-state index in [-0.39, 0.29) is 5.91 Å². The zero-order chi connectivity index (χ0) is 24.9. The fraction of sp³-hybridized carbons (Fsp3) is 0.407. The number of hydrogen-bond donors (Lipinski definition) is 1. The molecule has 0 unspecified atom stereocenters. The number of hydrogen-bond acceptors (Lipinski definition) is 5. The molecule has 8 heteroatoms. The van der Waals surface area contributed by atoms with Crippen LogP contribution in [-0.2, 0) is 0 Å². The maximum absolute atomic E-state index is 14.9. The first-order valence-corrected chi connectivity index (χ1v) is 12.1. The second kappa shape index (κ2) is 11.0. The van der Waals surface area contributed by atoms with E-state index in [2.05, 4.69) is 27.3 Å². The van der Waals surface area contributed by atoms with Crippen molar-refractivity contribution in [2.24, 2.45) is 0 Å². The zero-order valence-corrected chi connectivity index (χ0v) is 21.0. The molecule has 0 spiro atoms. The summed E-state index contributed by atoms with van der Waals surface area (Å²) in [6.07, 6.45) is 0.963. The Morgan fingerprint density at radius 1 is 1.06 bits per heavy atom. The molecule has 1 N–H and O–H groups in total. The molecule has 0 atom stereocenters. The van der Waals surface area contributed by atoms with Crippen LogP contribution in [-0.4, -0.2) is 71.9 Å². The van der Waals surface area contributed by atoms with E-state index in [4.69, 9.17) is 4.74 Å². The third-order valence-electron chi connectivity index (χ3n) is 6.38. The normalized spacial score (nSPS) is 14.8. The van der Waals surface area contributed by atoms with Gasteiger partial charge in [-0.2, -0.15) is 5.10 Å². The number of ether oxygens (including phenoxy) is 1. The van der Waals surface area contributed by atoms with Gasteiger partial charge in [0.2, 0.25) is 0 Å². The lowest BCUT2D eigenvalue weighted by Gasteiger charge is -2.32. The number of piperazine rings is 1. The summed E-state index contributed by atoms with van der Waals surface area (Å²) in [4.78, 5) is 17.6. The Morgan fingerprint density at radius 2 is 1.77 bits per heavy atom. The third-order valence-corrected chi connectivity index (χ3v) is 6.38. The van der Waals surface area contributed by atoms with Crippen LogP contribution in [0.3, 0.4) is 0 Å². The molecule has 186 valence electrons. The summed E-state index contributed by atoms with van der Waals surface area (Å²) in [6, 6.07) is 12.0. The monoisotopic (exact) mass is 479 g/mol. The van der Waals surface area contributed by atoms with Crippen LogP contribution in [0.25, 0.3) is 5.69 Å². The van der Waals surface area contributed by atoms with E-state index < -0.39 is 5.82 Å². The van der Waals surface area contributed by atoms with Gasteiger partial charge in [-0.05, 0) is 82.3 Å². The molecule has 0 bridgehead atoms. The molecule has 0 aliphatic carbocycles. The largest absolute Gasteiger partial charge is 0.494 e. The number of carbonyl (C=O) groups is 1. The fourth-order valence-electron chi connectivity index (χ4n) is 4.28. The number of amides is 1. The van der Waals surface area contributed by atoms with Crippen LogP contribution >= 0.6 is 0 Å². The number of halogens is 1. The molecule has 1 fully saturated rings. The Kier molecular flexibility index (Phi) is 7.83. The number of anilines is 1. The van der Waals surface area contributed by atoms with Crippen LogP contribution in [0, 0.1) is 26.6 Å². The van der Waals surface area contributed by atoms with Crippen molar-refractivity contribution in [1.82, 2.24) is 19.6 Å². The molecular formula is C27H34FN5O2. The Morgan fingerprint density at radius 3 is 2.43 bits per heavy atom. The number of nitrogens with one attached hydrogen (secondary N) is 1. The third kappa shape index (κ3) is 6.26. The van der Waals surface area contributed by atoms with Crippen LogP contribution in [0.2, 0.25) is 0 Å². The average Bonchev–Trinajstić information content (AvgIpc) is 3.18. The molecule has 1 amide bonds. The topological polar surface area (TPSA) is 62.6 Å². The Labute approximate surface area is 206 Å². The van der Waals surface area contributed by atoms with Crippen molar-refractivity contribution < 1.29 is 13.9 Å². The van der Waals surface area contributed by atoms with E-state index >= 15 is 0 Å². The van der Waals surface area contributed by atoms with E-state index in [1.165, 1.54) is 6.07 Å². The molecule has 4 rings (SSSR count). The Hall–Kier alpha value is -3.23. The molecule has 1 saturated heterocycles. The molecule has 2 aromatic carbocycles. The predicted octanol–water partition coefficient (Wildman–Crippen LogP) is 4.21. The van der Waals surface area contributed by atoms with E-state index in [0.29, 0.717) is 23.5 Å². The quantitative estimate of drug-likeness (QED) is 0.491. The zero-order valence-electron chi connectivity index (χ0n) is 21.0. The minimum atomic E-state index is -0.447. The van der Waals surface area contributed by atoms with Crippen molar-refractivity contribution in [3.05, 3.63) is 70.8 Å². The summed E-state index contributed by atoms with van der Waals surface area (Å²) in [5, 5.41) is 7.17. The molecule has 3 aromatic rings. The second-order valence-corrected chi connectivity index (χ2v) is 9.28. The average molecular weight is 480 g/mol. The molecule has 1 aliphatic heterocycles. The van der Waals surface area contributed by atoms with Gasteiger partial charge in [-0.25, -0.2) is 9.07 Å². The number of likely N-dealkylation sites (N-methyl/N-ethyl adjacent to an activating group) is 1. The van der Waals surface area contributed by atoms with Gasteiger partial charge in [-0.1, -0.05) is 0 Å². The fourth-order valence-corrected chi connectivity index (χ4v) is 4.28. The van der Waals surface area contributed by atoms with Gasteiger partial charge >= 0.3 is 0 Å². The summed E-state index contributed by atoms with van der Waals surface area (Å²) in [5.74, 6) is -0.0122. The summed E-state index contributed by atoms with van der Waals surface area (Å²) < 4.78 is 22.3. The van der Waals surface area contributed by atoms with E-state index in [9.17, 15) is 9.18 Å². The first-order chi connectivity index (χ1) is 16.8. The van der Waals surface area contributed by atoms with E-state index in [1.54, 1.807) is 35.0 Å². The van der Waals surface area contributed by atoms with Crippen LogP contribution in [0.5, 0.6) is 5.75 Å². The van der Waals surface area contributed by atoms with Gasteiger partial charge in [-0.3, -0.25) is 4.79 Å². The highest BCUT2D eigenvalue weighted by Crippen LogP contribution is 2.25. The van der Waals surface area contributed by atoms with Crippen LogP contribution in [0.4, 0.5) is 10.1 Å². The second-order valence-electron chi connectivity index (χ2n) is 9.28. The molecule has 0 saturated carbocycles. The summed E-state index contributed by atoms with van der Waals surface area (Å²) >= 11 is 0. The lowest BCUT2D eigenvalue weighted by molar-refractivity contribution is 0.102. The highest BCUT2D eigenvalue weighted by atomic mass is 19.1. The SMILES string of the molecule is Cc1cc(C)n(-c2cc(C)c(NC(=O)c3ccc(OCCCN4CCN(C)CC4)cc3)cc2F)n1. The highest BCUT2D eigenvalue weighted by molar-refractivity contribution is 6.04. The van der Waals surface area contributed by atoms with Crippen molar-refractivity contribution >= 4 is 11.6 Å². The van der Waals surface area contributed by atoms with Crippen LogP contribution in [0.15, 0.2) is 42.5 Å². The first-order valence-electron chi connectivity index (χ1n) is 12.1. The molecule has 7 nitrogen and oxygen atoms in total. The molecule has 2 heterocycles. The maximum atomic E-state index is 14.9. The van der Waals surface area contributed by atoms with Crippen molar-refractivity contribution in [1.29, 1.82) is 0 Å². The van der Waals surface area contributed by atoms with Gasteiger partial charge in [0.15, 0.2) is 5.82 Å². The number of benzene rings is 2. The summed E-state index contributed by atoms with van der Waals surface area (Å²) in [7, 11) is 2.16. The maximum Gasteiger partial charge on any atom is 0.255 e. The predicted molar refractivity (Wildman–Crippen MR) is 136 cm³/mol. The van der Waals surface area contributed by atoms with Gasteiger partial charge in [0.25, 0.3) is 5.91 Å². The van der Waals surface area contributed by atoms with E-state index in [1.807, 2.05) is 26.8 Å². The first kappa shape index (κ1) is 24.9. The lowest BCUT2D eigenvalue weighted by Crippen LogP contribution is -2.44. The summed E-state index contributed by atoms with van der Waals surface area (Å²) in [6.45, 7) is 11.7. The molecule has 0 radical (unpaired) electrons. The highest BCUT2D eigenvalue weighted by Gasteiger charge is 2.15. The lowest BCUT2D eigenvalue weighted by atomic mass is 10.1.